The zero-order valence-corrected chi connectivity index (χ0v) is 18.3. The average molecular weight is 450 g/mol. The molecule has 2 aromatic carbocycles. The van der Waals surface area contributed by atoms with Gasteiger partial charge in [-0.3, -0.25) is 9.59 Å². The number of benzene rings is 2. The minimum atomic E-state index is -1.02. The number of nitrogens with one attached hydrogen (secondary N) is 1. The quantitative estimate of drug-likeness (QED) is 0.701. The Bertz CT molecular complexity index is 1070. The highest BCUT2D eigenvalue weighted by atomic mass is 16.5. The molecule has 2 aliphatic carbocycles. The second-order valence-electron chi connectivity index (χ2n) is 8.96. The molecular formula is C25H26N2O6. The molecule has 2 aromatic rings. The summed E-state index contributed by atoms with van der Waals surface area (Å²) in [6.45, 7) is 0.432. The van der Waals surface area contributed by atoms with E-state index in [0.29, 0.717) is 12.8 Å². The summed E-state index contributed by atoms with van der Waals surface area (Å²) < 4.78 is 10.8. The highest BCUT2D eigenvalue weighted by Crippen LogP contribution is 2.44. The van der Waals surface area contributed by atoms with Crippen molar-refractivity contribution in [3.05, 3.63) is 59.7 Å². The molecule has 8 heteroatoms. The van der Waals surface area contributed by atoms with E-state index in [-0.39, 0.29) is 31.5 Å². The van der Waals surface area contributed by atoms with Crippen molar-refractivity contribution in [1.29, 1.82) is 0 Å². The zero-order valence-electron chi connectivity index (χ0n) is 18.3. The number of ether oxygens (including phenoxy) is 2. The zero-order chi connectivity index (χ0) is 23.2. The van der Waals surface area contributed by atoms with Crippen molar-refractivity contribution in [2.24, 2.45) is 5.92 Å². The van der Waals surface area contributed by atoms with Crippen molar-refractivity contribution in [2.75, 3.05) is 26.8 Å². The number of carbonyl (C=O) groups is 3. The van der Waals surface area contributed by atoms with Crippen LogP contribution in [0.3, 0.4) is 0 Å². The molecule has 2 amide bonds. The first-order chi connectivity index (χ1) is 15.9. The molecule has 172 valence electrons. The fourth-order valence-electron chi connectivity index (χ4n) is 5.07. The number of nitrogens with zero attached hydrogens (tertiary/aromatic N) is 1. The number of fused-ring (bicyclic) bond motifs is 3. The van der Waals surface area contributed by atoms with Crippen molar-refractivity contribution in [3.8, 4) is 11.1 Å². The van der Waals surface area contributed by atoms with Crippen molar-refractivity contribution in [3.63, 3.8) is 0 Å². The SMILES string of the molecule is COC1CN(C(=O)C2(NC(=O)OCC3c4ccccc4-c4ccccc43)CC2)CC1C(=O)O. The molecule has 2 unspecified atom stereocenters. The Morgan fingerprint density at radius 3 is 2.15 bits per heavy atom. The summed E-state index contributed by atoms with van der Waals surface area (Å²) >= 11 is 0. The highest BCUT2D eigenvalue weighted by Gasteiger charge is 2.55. The third-order valence-electron chi connectivity index (χ3n) is 7.02. The Labute approximate surface area is 191 Å². The Kier molecular flexibility index (Phi) is 5.32. The molecule has 2 atom stereocenters. The number of rotatable bonds is 6. The molecule has 0 radical (unpaired) electrons. The number of carboxylic acid groups (broad SMARTS) is 1. The molecule has 1 saturated heterocycles. The van der Waals surface area contributed by atoms with Crippen LogP contribution in [0.25, 0.3) is 11.1 Å². The van der Waals surface area contributed by atoms with Gasteiger partial charge in [0.2, 0.25) is 5.91 Å². The van der Waals surface area contributed by atoms with Crippen LogP contribution >= 0.6 is 0 Å². The first kappa shape index (κ1) is 21.5. The molecule has 1 saturated carbocycles. The smallest absolute Gasteiger partial charge is 0.408 e. The van der Waals surface area contributed by atoms with Crippen LogP contribution in [0, 0.1) is 5.92 Å². The van der Waals surface area contributed by atoms with Gasteiger partial charge in [0, 0.05) is 26.1 Å². The van der Waals surface area contributed by atoms with Gasteiger partial charge in [0.25, 0.3) is 0 Å². The number of likely N-dealkylation sites (tertiary alicyclic amines) is 1. The van der Waals surface area contributed by atoms with Gasteiger partial charge in [-0.2, -0.15) is 0 Å². The van der Waals surface area contributed by atoms with E-state index in [0.717, 1.165) is 22.3 Å². The van der Waals surface area contributed by atoms with Crippen LogP contribution in [0.1, 0.15) is 29.9 Å². The van der Waals surface area contributed by atoms with Crippen LogP contribution in [0.4, 0.5) is 4.79 Å². The maximum atomic E-state index is 13.1. The highest BCUT2D eigenvalue weighted by molar-refractivity contribution is 5.93. The van der Waals surface area contributed by atoms with Crippen molar-refractivity contribution < 1.29 is 29.0 Å². The summed E-state index contributed by atoms with van der Waals surface area (Å²) in [6.07, 6.45) is -0.194. The summed E-state index contributed by atoms with van der Waals surface area (Å²) in [5.74, 6) is -2.11. The Balaban J connectivity index is 1.23. The van der Waals surface area contributed by atoms with Crippen molar-refractivity contribution in [2.45, 2.75) is 30.4 Å². The van der Waals surface area contributed by atoms with Gasteiger partial charge < -0.3 is 24.8 Å². The second kappa shape index (κ2) is 8.19. The molecule has 0 bridgehead atoms. The van der Waals surface area contributed by atoms with Crippen LogP contribution < -0.4 is 5.32 Å². The molecule has 1 heterocycles. The lowest BCUT2D eigenvalue weighted by molar-refractivity contribution is -0.144. The molecule has 2 fully saturated rings. The number of hydrogen-bond donors (Lipinski definition) is 2. The van der Waals surface area contributed by atoms with Crippen molar-refractivity contribution in [1.82, 2.24) is 10.2 Å². The number of aliphatic carboxylic acids is 1. The minimum absolute atomic E-state index is 0.0635. The lowest BCUT2D eigenvalue weighted by atomic mass is 9.98. The number of amides is 2. The van der Waals surface area contributed by atoms with E-state index in [1.807, 2.05) is 36.4 Å². The Hall–Kier alpha value is -3.39. The van der Waals surface area contributed by atoms with Crippen LogP contribution in [0.15, 0.2) is 48.5 Å². The maximum Gasteiger partial charge on any atom is 0.408 e. The third-order valence-corrected chi connectivity index (χ3v) is 7.02. The van der Waals surface area contributed by atoms with Gasteiger partial charge in [-0.15, -0.1) is 0 Å². The van der Waals surface area contributed by atoms with Gasteiger partial charge in [-0.1, -0.05) is 48.5 Å². The first-order valence-electron chi connectivity index (χ1n) is 11.1. The molecule has 33 heavy (non-hydrogen) atoms. The molecule has 1 aliphatic heterocycles. The number of methoxy groups -OCH3 is 1. The number of carbonyl (C=O) groups excluding carboxylic acids is 2. The fourth-order valence-corrected chi connectivity index (χ4v) is 5.07. The van der Waals surface area contributed by atoms with E-state index >= 15 is 0 Å². The van der Waals surface area contributed by atoms with Gasteiger partial charge in [-0.25, -0.2) is 4.79 Å². The van der Waals surface area contributed by atoms with E-state index in [1.54, 1.807) is 0 Å². The van der Waals surface area contributed by atoms with Gasteiger partial charge in [-0.05, 0) is 35.1 Å². The van der Waals surface area contributed by atoms with Gasteiger partial charge in [0.1, 0.15) is 18.1 Å². The van der Waals surface area contributed by atoms with E-state index in [9.17, 15) is 19.5 Å². The minimum Gasteiger partial charge on any atom is -0.481 e. The van der Waals surface area contributed by atoms with Crippen LogP contribution in [-0.2, 0) is 19.1 Å². The maximum absolute atomic E-state index is 13.1. The summed E-state index contributed by atoms with van der Waals surface area (Å²) in [7, 11) is 1.44. The molecule has 3 aliphatic rings. The summed E-state index contributed by atoms with van der Waals surface area (Å²) in [5, 5.41) is 12.1. The van der Waals surface area contributed by atoms with Crippen molar-refractivity contribution >= 4 is 18.0 Å². The number of carboxylic acids is 1. The number of alkyl carbamates (subject to hydrolysis) is 1. The number of hydrogen-bond acceptors (Lipinski definition) is 5. The topological polar surface area (TPSA) is 105 Å². The predicted octanol–water partition coefficient (Wildman–Crippen LogP) is 2.62. The van der Waals surface area contributed by atoms with Gasteiger partial charge >= 0.3 is 12.1 Å². The predicted molar refractivity (Wildman–Crippen MR) is 119 cm³/mol. The average Bonchev–Trinajstić information content (AvgIpc) is 3.35. The first-order valence-corrected chi connectivity index (χ1v) is 11.1. The van der Waals surface area contributed by atoms with E-state index < -0.39 is 29.6 Å². The van der Waals surface area contributed by atoms with Crippen LogP contribution in [0.5, 0.6) is 0 Å². The third kappa shape index (κ3) is 3.74. The molecule has 2 N–H and O–H groups in total. The summed E-state index contributed by atoms with van der Waals surface area (Å²) in [5.41, 5.74) is 3.50. The molecular weight excluding hydrogens is 424 g/mol. The fraction of sp³-hybridized carbons (Fsp3) is 0.400. The molecule has 0 spiro atoms. The molecule has 0 aromatic heterocycles. The lowest BCUT2D eigenvalue weighted by Crippen LogP contribution is -2.50. The largest absolute Gasteiger partial charge is 0.481 e. The summed E-state index contributed by atoms with van der Waals surface area (Å²) in [6, 6.07) is 16.2. The van der Waals surface area contributed by atoms with Gasteiger partial charge in [0.15, 0.2) is 0 Å². The van der Waals surface area contributed by atoms with Crippen LogP contribution in [-0.4, -0.2) is 66.4 Å². The normalized spacial score (nSPS) is 22.4. The van der Waals surface area contributed by atoms with E-state index in [4.69, 9.17) is 9.47 Å². The van der Waals surface area contributed by atoms with Gasteiger partial charge in [0.05, 0.1) is 6.10 Å². The summed E-state index contributed by atoms with van der Waals surface area (Å²) in [4.78, 5) is 38.7. The Morgan fingerprint density at radius 1 is 1.03 bits per heavy atom. The molecule has 8 nitrogen and oxygen atoms in total. The standard InChI is InChI=1S/C25H26N2O6/c1-32-21-13-27(12-19(21)22(28)29)23(30)25(10-11-25)26-24(31)33-14-20-17-8-4-2-6-15(17)16-7-3-5-9-18(16)20/h2-9,19-21H,10-14H2,1H3,(H,26,31)(H,28,29). The molecule has 5 rings (SSSR count). The monoisotopic (exact) mass is 450 g/mol. The lowest BCUT2D eigenvalue weighted by Gasteiger charge is -2.24. The van der Waals surface area contributed by atoms with E-state index in [2.05, 4.69) is 17.4 Å². The Morgan fingerprint density at radius 2 is 1.64 bits per heavy atom. The van der Waals surface area contributed by atoms with E-state index in [1.165, 1.54) is 12.0 Å². The second-order valence-corrected chi connectivity index (χ2v) is 8.96. The van der Waals surface area contributed by atoms with Crippen LogP contribution in [0.2, 0.25) is 0 Å².